The molecule has 1 amide bonds. The predicted molar refractivity (Wildman–Crippen MR) is 89.7 cm³/mol. The van der Waals surface area contributed by atoms with E-state index in [1.54, 1.807) is 7.11 Å². The molecule has 1 aromatic heterocycles. The van der Waals surface area contributed by atoms with Crippen molar-refractivity contribution in [3.8, 4) is 0 Å². The van der Waals surface area contributed by atoms with Gasteiger partial charge in [0, 0.05) is 13.7 Å². The Balaban J connectivity index is 1.59. The van der Waals surface area contributed by atoms with Gasteiger partial charge in [0.2, 0.25) is 5.91 Å². The zero-order valence-corrected chi connectivity index (χ0v) is 14.4. The van der Waals surface area contributed by atoms with Crippen LogP contribution in [0.4, 0.5) is 0 Å². The van der Waals surface area contributed by atoms with E-state index >= 15 is 0 Å². The summed E-state index contributed by atoms with van der Waals surface area (Å²) in [6.07, 6.45) is 2.19. The van der Waals surface area contributed by atoms with Gasteiger partial charge in [-0.15, -0.1) is 0 Å². The summed E-state index contributed by atoms with van der Waals surface area (Å²) in [7, 11) is 1.62. The summed E-state index contributed by atoms with van der Waals surface area (Å²) >= 11 is 0. The predicted octanol–water partition coefficient (Wildman–Crippen LogP) is 2.14. The van der Waals surface area contributed by atoms with Crippen molar-refractivity contribution in [1.29, 1.82) is 0 Å². The summed E-state index contributed by atoms with van der Waals surface area (Å²) in [5, 5.41) is 4.05. The van der Waals surface area contributed by atoms with Crippen molar-refractivity contribution >= 4 is 5.91 Å². The molecule has 25 heavy (non-hydrogen) atoms. The minimum Gasteiger partial charge on any atom is -0.382 e. The third kappa shape index (κ3) is 4.64. The largest absolute Gasteiger partial charge is 0.382 e. The first kappa shape index (κ1) is 17.6. The Morgan fingerprint density at radius 1 is 1.32 bits per heavy atom. The number of methoxy groups -OCH3 is 1. The SMILES string of the molecule is COCCOCc1nc(C2CCCN2C(=O)Cc2ccccc2)no1. The van der Waals surface area contributed by atoms with Crippen LogP contribution in [0.5, 0.6) is 0 Å². The van der Waals surface area contributed by atoms with E-state index in [9.17, 15) is 4.79 Å². The highest BCUT2D eigenvalue weighted by molar-refractivity contribution is 5.79. The monoisotopic (exact) mass is 345 g/mol. The number of aromatic nitrogens is 2. The van der Waals surface area contributed by atoms with Gasteiger partial charge in [-0.1, -0.05) is 35.5 Å². The maximum atomic E-state index is 12.7. The Labute approximate surface area is 146 Å². The molecule has 134 valence electrons. The summed E-state index contributed by atoms with van der Waals surface area (Å²) in [6.45, 7) is 1.97. The van der Waals surface area contributed by atoms with Crippen molar-refractivity contribution < 1.29 is 18.8 Å². The number of ether oxygens (including phenoxy) is 2. The van der Waals surface area contributed by atoms with Crippen LogP contribution in [0.25, 0.3) is 0 Å². The van der Waals surface area contributed by atoms with E-state index in [1.807, 2.05) is 35.2 Å². The molecule has 0 saturated carbocycles. The fraction of sp³-hybridized carbons (Fsp3) is 0.500. The third-order valence-electron chi connectivity index (χ3n) is 4.21. The molecule has 1 atom stereocenters. The van der Waals surface area contributed by atoms with Crippen LogP contribution < -0.4 is 0 Å². The van der Waals surface area contributed by atoms with Crippen LogP contribution in [-0.2, 0) is 27.3 Å². The van der Waals surface area contributed by atoms with Crippen LogP contribution in [0.15, 0.2) is 34.9 Å². The number of carbonyl (C=O) groups is 1. The minimum absolute atomic E-state index is 0.0939. The lowest BCUT2D eigenvalue weighted by Gasteiger charge is -2.22. The van der Waals surface area contributed by atoms with Crippen LogP contribution in [0.2, 0.25) is 0 Å². The van der Waals surface area contributed by atoms with Gasteiger partial charge in [0.15, 0.2) is 5.82 Å². The molecule has 1 saturated heterocycles. The van der Waals surface area contributed by atoms with E-state index in [0.717, 1.165) is 24.9 Å². The smallest absolute Gasteiger partial charge is 0.252 e. The first-order chi connectivity index (χ1) is 12.3. The third-order valence-corrected chi connectivity index (χ3v) is 4.21. The van der Waals surface area contributed by atoms with Gasteiger partial charge in [0.05, 0.1) is 25.7 Å². The fourth-order valence-corrected chi connectivity index (χ4v) is 2.97. The highest BCUT2D eigenvalue weighted by Crippen LogP contribution is 2.30. The van der Waals surface area contributed by atoms with E-state index in [2.05, 4.69) is 10.1 Å². The molecule has 2 aromatic rings. The number of likely N-dealkylation sites (tertiary alicyclic amines) is 1. The second-order valence-electron chi connectivity index (χ2n) is 6.00. The van der Waals surface area contributed by atoms with Crippen LogP contribution in [0.3, 0.4) is 0 Å². The van der Waals surface area contributed by atoms with Crippen LogP contribution >= 0.6 is 0 Å². The molecule has 1 aliphatic heterocycles. The number of hydrogen-bond donors (Lipinski definition) is 0. The first-order valence-electron chi connectivity index (χ1n) is 8.50. The zero-order chi connectivity index (χ0) is 17.5. The molecule has 1 fully saturated rings. The zero-order valence-electron chi connectivity index (χ0n) is 14.4. The van der Waals surface area contributed by atoms with Crippen molar-refractivity contribution in [2.75, 3.05) is 26.9 Å². The average molecular weight is 345 g/mol. The quantitative estimate of drug-likeness (QED) is 0.682. The molecule has 1 aromatic carbocycles. The Kier molecular flexibility index (Phi) is 6.14. The average Bonchev–Trinajstić information content (AvgIpc) is 3.28. The number of nitrogens with zero attached hydrogens (tertiary/aromatic N) is 3. The maximum absolute atomic E-state index is 12.7. The van der Waals surface area contributed by atoms with Gasteiger partial charge in [-0.2, -0.15) is 4.98 Å². The molecule has 0 radical (unpaired) electrons. The lowest BCUT2D eigenvalue weighted by atomic mass is 10.1. The topological polar surface area (TPSA) is 77.7 Å². The lowest BCUT2D eigenvalue weighted by Crippen LogP contribution is -2.32. The number of hydrogen-bond acceptors (Lipinski definition) is 6. The fourth-order valence-electron chi connectivity index (χ4n) is 2.97. The molecule has 0 bridgehead atoms. The van der Waals surface area contributed by atoms with Gasteiger partial charge in [0.25, 0.3) is 5.89 Å². The molecule has 7 nitrogen and oxygen atoms in total. The summed E-state index contributed by atoms with van der Waals surface area (Å²) in [6, 6.07) is 9.65. The second kappa shape index (κ2) is 8.73. The maximum Gasteiger partial charge on any atom is 0.252 e. The van der Waals surface area contributed by atoms with Gasteiger partial charge < -0.3 is 18.9 Å². The number of benzene rings is 1. The molecule has 1 aliphatic rings. The van der Waals surface area contributed by atoms with Crippen LogP contribution in [-0.4, -0.2) is 47.8 Å². The Morgan fingerprint density at radius 3 is 2.96 bits per heavy atom. The van der Waals surface area contributed by atoms with E-state index in [0.29, 0.717) is 31.3 Å². The Hall–Kier alpha value is -2.25. The van der Waals surface area contributed by atoms with Crippen molar-refractivity contribution in [2.45, 2.75) is 31.9 Å². The second-order valence-corrected chi connectivity index (χ2v) is 6.00. The van der Waals surface area contributed by atoms with E-state index in [1.165, 1.54) is 0 Å². The normalized spacial score (nSPS) is 17.2. The van der Waals surface area contributed by atoms with Crippen molar-refractivity contribution in [3.05, 3.63) is 47.6 Å². The van der Waals surface area contributed by atoms with Crippen LogP contribution in [0, 0.1) is 0 Å². The molecule has 7 heteroatoms. The van der Waals surface area contributed by atoms with Gasteiger partial charge in [-0.3, -0.25) is 4.79 Å². The molecule has 0 spiro atoms. The molecular weight excluding hydrogens is 322 g/mol. The molecule has 3 rings (SSSR count). The number of carbonyl (C=O) groups excluding carboxylic acids is 1. The molecule has 1 unspecified atom stereocenters. The highest BCUT2D eigenvalue weighted by atomic mass is 16.5. The summed E-state index contributed by atoms with van der Waals surface area (Å²) in [5.74, 6) is 1.08. The van der Waals surface area contributed by atoms with Gasteiger partial charge in [-0.25, -0.2) is 0 Å². The highest BCUT2D eigenvalue weighted by Gasteiger charge is 2.33. The van der Waals surface area contributed by atoms with E-state index in [4.69, 9.17) is 14.0 Å². The first-order valence-corrected chi connectivity index (χ1v) is 8.50. The van der Waals surface area contributed by atoms with Gasteiger partial charge in [0.1, 0.15) is 6.61 Å². The minimum atomic E-state index is -0.118. The lowest BCUT2D eigenvalue weighted by molar-refractivity contribution is -0.131. The molecule has 2 heterocycles. The molecule has 0 aliphatic carbocycles. The van der Waals surface area contributed by atoms with Gasteiger partial charge in [-0.05, 0) is 18.4 Å². The standard InChI is InChI=1S/C18H23N3O4/c1-23-10-11-24-13-16-19-18(20-25-16)15-8-5-9-21(15)17(22)12-14-6-3-2-4-7-14/h2-4,6-7,15H,5,8-13H2,1H3. The number of amides is 1. The van der Waals surface area contributed by atoms with Crippen LogP contribution in [0.1, 0.15) is 36.2 Å². The van der Waals surface area contributed by atoms with E-state index in [-0.39, 0.29) is 18.6 Å². The van der Waals surface area contributed by atoms with E-state index < -0.39 is 0 Å². The van der Waals surface area contributed by atoms with Crippen molar-refractivity contribution in [2.24, 2.45) is 0 Å². The molecular formula is C18H23N3O4. The van der Waals surface area contributed by atoms with Crippen molar-refractivity contribution in [3.63, 3.8) is 0 Å². The molecule has 0 N–H and O–H groups in total. The summed E-state index contributed by atoms with van der Waals surface area (Å²) in [5.41, 5.74) is 1.01. The summed E-state index contributed by atoms with van der Waals surface area (Å²) < 4.78 is 15.5. The number of rotatable bonds is 8. The Morgan fingerprint density at radius 2 is 2.16 bits per heavy atom. The van der Waals surface area contributed by atoms with Crippen molar-refractivity contribution in [1.82, 2.24) is 15.0 Å². The Bertz CT molecular complexity index is 674. The summed E-state index contributed by atoms with van der Waals surface area (Å²) in [4.78, 5) is 18.9. The van der Waals surface area contributed by atoms with Gasteiger partial charge >= 0.3 is 0 Å².